The van der Waals surface area contributed by atoms with Crippen molar-refractivity contribution < 1.29 is 5.21 Å². The van der Waals surface area contributed by atoms with Gasteiger partial charge in [0.2, 0.25) is 0 Å². The average molecular weight is 197 g/mol. The molecule has 0 aromatic rings. The molecule has 0 aromatic carbocycles. The van der Waals surface area contributed by atoms with Gasteiger partial charge in [0.15, 0.2) is 5.84 Å². The van der Waals surface area contributed by atoms with Crippen molar-refractivity contribution in [1.29, 1.82) is 0 Å². The predicted molar refractivity (Wildman–Crippen MR) is 55.2 cm³/mol. The quantitative estimate of drug-likeness (QED) is 0.331. The molecule has 0 bridgehead atoms. The highest BCUT2D eigenvalue weighted by Gasteiger charge is 2.21. The van der Waals surface area contributed by atoms with Crippen molar-refractivity contribution in [2.24, 2.45) is 10.1 Å². The maximum atomic E-state index is 8.67. The summed E-state index contributed by atoms with van der Waals surface area (Å²) in [6.07, 6.45) is 3.58. The number of hydrogen-bond donors (Lipinski definition) is 3. The molecular formula is C8H15N5O. The van der Waals surface area contributed by atoms with Crippen molar-refractivity contribution in [2.75, 3.05) is 14.1 Å². The number of hydrogen-bond acceptors (Lipinski definition) is 6. The molecule has 0 radical (unpaired) electrons. The van der Waals surface area contributed by atoms with Gasteiger partial charge in [-0.2, -0.15) is 0 Å². The number of hydrazine groups is 1. The van der Waals surface area contributed by atoms with Gasteiger partial charge in [0, 0.05) is 13.2 Å². The van der Waals surface area contributed by atoms with Crippen LogP contribution in [0.25, 0.3) is 0 Å². The van der Waals surface area contributed by atoms with Crippen LogP contribution in [0.2, 0.25) is 0 Å². The molecule has 0 spiro atoms. The summed E-state index contributed by atoms with van der Waals surface area (Å²) in [6, 6.07) is 0. The molecule has 0 aliphatic carbocycles. The van der Waals surface area contributed by atoms with Crippen LogP contribution in [0.15, 0.2) is 22.4 Å². The Kier molecular flexibility index (Phi) is 3.61. The molecule has 3 N–H and O–H groups in total. The van der Waals surface area contributed by atoms with Crippen molar-refractivity contribution in [3.05, 3.63) is 12.3 Å². The second-order valence-corrected chi connectivity index (χ2v) is 2.81. The second kappa shape index (κ2) is 4.73. The lowest BCUT2D eigenvalue weighted by Gasteiger charge is -2.32. The van der Waals surface area contributed by atoms with E-state index in [0.29, 0.717) is 11.5 Å². The minimum Gasteiger partial charge on any atom is -0.411 e. The zero-order valence-electron chi connectivity index (χ0n) is 8.52. The Hall–Kier alpha value is -1.40. The molecule has 6 heteroatoms. The van der Waals surface area contributed by atoms with E-state index in [1.54, 1.807) is 25.2 Å². The summed E-state index contributed by atoms with van der Waals surface area (Å²) in [4.78, 5) is 4.12. The third kappa shape index (κ3) is 1.91. The van der Waals surface area contributed by atoms with Crippen LogP contribution in [0.1, 0.15) is 6.92 Å². The summed E-state index contributed by atoms with van der Waals surface area (Å²) in [5.41, 5.74) is 3.43. The van der Waals surface area contributed by atoms with Crippen LogP contribution in [-0.4, -0.2) is 42.0 Å². The summed E-state index contributed by atoms with van der Waals surface area (Å²) in [5, 5.41) is 16.6. The summed E-state index contributed by atoms with van der Waals surface area (Å²) in [5.74, 6) is 0.594. The van der Waals surface area contributed by atoms with Crippen molar-refractivity contribution in [1.82, 2.24) is 15.8 Å². The molecule has 1 aliphatic heterocycles. The molecule has 0 aromatic heterocycles. The molecule has 1 rings (SSSR count). The zero-order chi connectivity index (χ0) is 10.6. The van der Waals surface area contributed by atoms with Crippen LogP contribution in [0, 0.1) is 0 Å². The topological polar surface area (TPSA) is 72.2 Å². The molecular weight excluding hydrogens is 182 g/mol. The lowest BCUT2D eigenvalue weighted by atomic mass is 10.3. The molecule has 0 amide bonds. The summed E-state index contributed by atoms with van der Waals surface area (Å²) < 4.78 is 0. The van der Waals surface area contributed by atoms with Gasteiger partial charge in [-0.05, 0) is 20.0 Å². The van der Waals surface area contributed by atoms with Crippen LogP contribution in [0.5, 0.6) is 0 Å². The molecule has 78 valence electrons. The van der Waals surface area contributed by atoms with Gasteiger partial charge in [-0.25, -0.2) is 10.4 Å². The third-order valence-electron chi connectivity index (χ3n) is 1.98. The summed E-state index contributed by atoms with van der Waals surface area (Å²) in [6.45, 7) is 1.69. The number of nitrogens with zero attached hydrogens (tertiary/aromatic N) is 3. The van der Waals surface area contributed by atoms with E-state index in [4.69, 9.17) is 5.21 Å². The SMILES string of the molecule is CNC1C=CN=C(C(C)=NO)N1NC. The summed E-state index contributed by atoms with van der Waals surface area (Å²) >= 11 is 0. The van der Waals surface area contributed by atoms with Crippen LogP contribution < -0.4 is 10.7 Å². The lowest BCUT2D eigenvalue weighted by Crippen LogP contribution is -2.55. The van der Waals surface area contributed by atoms with E-state index in [-0.39, 0.29) is 6.17 Å². The first-order chi connectivity index (χ1) is 6.74. The Morgan fingerprint density at radius 3 is 2.86 bits per heavy atom. The van der Waals surface area contributed by atoms with E-state index < -0.39 is 0 Å². The van der Waals surface area contributed by atoms with Crippen LogP contribution in [-0.2, 0) is 0 Å². The van der Waals surface area contributed by atoms with Crippen molar-refractivity contribution in [3.63, 3.8) is 0 Å². The highest BCUT2D eigenvalue weighted by atomic mass is 16.4. The van der Waals surface area contributed by atoms with Crippen LogP contribution in [0.4, 0.5) is 0 Å². The average Bonchev–Trinajstić information content (AvgIpc) is 2.26. The van der Waals surface area contributed by atoms with Crippen LogP contribution in [0.3, 0.4) is 0 Å². The zero-order valence-corrected chi connectivity index (χ0v) is 8.52. The molecule has 1 unspecified atom stereocenters. The molecule has 1 aliphatic rings. The normalized spacial score (nSPS) is 22.5. The number of nitrogens with one attached hydrogen (secondary N) is 2. The first-order valence-corrected chi connectivity index (χ1v) is 4.32. The van der Waals surface area contributed by atoms with E-state index in [2.05, 4.69) is 20.9 Å². The van der Waals surface area contributed by atoms with Gasteiger partial charge in [0.25, 0.3) is 0 Å². The van der Waals surface area contributed by atoms with Crippen molar-refractivity contribution in [2.45, 2.75) is 13.1 Å². The van der Waals surface area contributed by atoms with E-state index in [1.807, 2.05) is 13.1 Å². The Labute approximate surface area is 83.0 Å². The van der Waals surface area contributed by atoms with E-state index in [1.165, 1.54) is 0 Å². The standard InChI is InChI=1S/C8H15N5O/c1-6(12-14)8-11-5-4-7(9-2)13(8)10-3/h4-5,7,9-10,14H,1-3H3. The maximum Gasteiger partial charge on any atom is 0.169 e. The minimum atomic E-state index is 0.00389. The highest BCUT2D eigenvalue weighted by molar-refractivity contribution is 6.40. The van der Waals surface area contributed by atoms with Crippen molar-refractivity contribution >= 4 is 11.5 Å². The minimum absolute atomic E-state index is 0.00389. The summed E-state index contributed by atoms with van der Waals surface area (Å²) in [7, 11) is 3.62. The number of rotatable bonds is 3. The molecule has 0 fully saturated rings. The van der Waals surface area contributed by atoms with Crippen LogP contribution >= 0.6 is 0 Å². The number of likely N-dealkylation sites (N-methyl/N-ethyl adjacent to an activating group) is 1. The van der Waals surface area contributed by atoms with Gasteiger partial charge in [-0.1, -0.05) is 5.16 Å². The second-order valence-electron chi connectivity index (χ2n) is 2.81. The number of amidine groups is 1. The smallest absolute Gasteiger partial charge is 0.169 e. The number of oxime groups is 1. The number of aliphatic imine (C=N–C) groups is 1. The largest absolute Gasteiger partial charge is 0.411 e. The van der Waals surface area contributed by atoms with Gasteiger partial charge in [-0.3, -0.25) is 10.3 Å². The maximum absolute atomic E-state index is 8.67. The lowest BCUT2D eigenvalue weighted by molar-refractivity contribution is 0.259. The van der Waals surface area contributed by atoms with Gasteiger partial charge in [0.1, 0.15) is 11.9 Å². The molecule has 1 heterocycles. The Balaban J connectivity index is 2.93. The first kappa shape index (κ1) is 10.7. The fourth-order valence-electron chi connectivity index (χ4n) is 1.26. The molecule has 14 heavy (non-hydrogen) atoms. The van der Waals surface area contributed by atoms with Gasteiger partial charge >= 0.3 is 0 Å². The first-order valence-electron chi connectivity index (χ1n) is 4.32. The van der Waals surface area contributed by atoms with Gasteiger partial charge < -0.3 is 5.21 Å². The monoisotopic (exact) mass is 197 g/mol. The molecule has 1 atom stereocenters. The van der Waals surface area contributed by atoms with E-state index in [0.717, 1.165) is 0 Å². The predicted octanol–water partition coefficient (Wildman–Crippen LogP) is -0.256. The Morgan fingerprint density at radius 1 is 1.64 bits per heavy atom. The van der Waals surface area contributed by atoms with Gasteiger partial charge in [0.05, 0.1) is 0 Å². The molecule has 6 nitrogen and oxygen atoms in total. The molecule has 0 saturated heterocycles. The van der Waals surface area contributed by atoms with E-state index in [9.17, 15) is 0 Å². The van der Waals surface area contributed by atoms with E-state index >= 15 is 0 Å². The Bertz CT molecular complexity index is 283. The third-order valence-corrected chi connectivity index (χ3v) is 1.98. The Morgan fingerprint density at radius 2 is 2.36 bits per heavy atom. The highest BCUT2D eigenvalue weighted by Crippen LogP contribution is 2.04. The fraction of sp³-hybridized carbons (Fsp3) is 0.500. The molecule has 0 saturated carbocycles. The van der Waals surface area contributed by atoms with Gasteiger partial charge in [-0.15, -0.1) is 0 Å². The van der Waals surface area contributed by atoms with Crippen molar-refractivity contribution in [3.8, 4) is 0 Å². The fourth-order valence-corrected chi connectivity index (χ4v) is 1.26.